The van der Waals surface area contributed by atoms with Crippen LogP contribution in [0.4, 0.5) is 0 Å². The first-order chi connectivity index (χ1) is 15.0. The van der Waals surface area contributed by atoms with Gasteiger partial charge in [0.15, 0.2) is 18.1 Å². The molecule has 0 atom stereocenters. The van der Waals surface area contributed by atoms with Gasteiger partial charge in [-0.1, -0.05) is 6.08 Å². The Kier molecular flexibility index (Phi) is 9.98. The minimum atomic E-state index is -0.899. The number of hydrogen-bond acceptors (Lipinski definition) is 7. The van der Waals surface area contributed by atoms with Crippen molar-refractivity contribution in [2.24, 2.45) is 5.10 Å². The highest BCUT2D eigenvalue weighted by Gasteiger charge is 2.19. The first-order valence-corrected chi connectivity index (χ1v) is 10.4. The summed E-state index contributed by atoms with van der Waals surface area (Å²) in [5, 5.41) is 6.12. The van der Waals surface area contributed by atoms with Gasteiger partial charge in [-0.25, -0.2) is 5.43 Å². The number of hydrazone groups is 1. The van der Waals surface area contributed by atoms with Gasteiger partial charge in [0, 0.05) is 19.6 Å². The van der Waals surface area contributed by atoms with Crippen LogP contribution in [0.5, 0.6) is 11.5 Å². The summed E-state index contributed by atoms with van der Waals surface area (Å²) >= 11 is 3.41. The van der Waals surface area contributed by atoms with Gasteiger partial charge in [0.25, 0.3) is 5.91 Å². The highest BCUT2D eigenvalue weighted by atomic mass is 79.9. The van der Waals surface area contributed by atoms with Gasteiger partial charge < -0.3 is 24.4 Å². The van der Waals surface area contributed by atoms with E-state index >= 15 is 0 Å². The summed E-state index contributed by atoms with van der Waals surface area (Å²) in [5.74, 6) is -1.07. The molecule has 10 nitrogen and oxygen atoms in total. The van der Waals surface area contributed by atoms with Crippen molar-refractivity contribution in [3.63, 3.8) is 0 Å². The summed E-state index contributed by atoms with van der Waals surface area (Å²) in [6.07, 6.45) is 2.81. The lowest BCUT2D eigenvalue weighted by Gasteiger charge is -2.27. The van der Waals surface area contributed by atoms with Crippen molar-refractivity contribution < 1.29 is 28.6 Å². The maximum Gasteiger partial charge on any atom is 0.329 e. The van der Waals surface area contributed by atoms with Gasteiger partial charge >= 0.3 is 11.8 Å². The molecule has 3 amide bonds. The monoisotopic (exact) mass is 496 g/mol. The van der Waals surface area contributed by atoms with Gasteiger partial charge in [-0.05, 0) is 40.5 Å². The van der Waals surface area contributed by atoms with Crippen molar-refractivity contribution in [3.8, 4) is 11.5 Å². The number of morpholine rings is 1. The van der Waals surface area contributed by atoms with Crippen LogP contribution in [0.15, 0.2) is 34.4 Å². The van der Waals surface area contributed by atoms with Crippen molar-refractivity contribution in [3.05, 3.63) is 34.8 Å². The van der Waals surface area contributed by atoms with E-state index < -0.39 is 11.8 Å². The summed E-state index contributed by atoms with van der Waals surface area (Å²) < 4.78 is 17.1. The highest BCUT2D eigenvalue weighted by molar-refractivity contribution is 9.10. The molecule has 0 saturated carbocycles. The predicted molar refractivity (Wildman–Crippen MR) is 117 cm³/mol. The molecule has 168 valence electrons. The SMILES string of the molecule is C=CCNC(=O)C(=O)N/N=C\c1cc(Br)c(OCC(=O)N2CCOCC2)c(OCC)c1. The fourth-order valence-electron chi connectivity index (χ4n) is 2.56. The summed E-state index contributed by atoms with van der Waals surface area (Å²) in [4.78, 5) is 37.2. The van der Waals surface area contributed by atoms with E-state index in [9.17, 15) is 14.4 Å². The average Bonchev–Trinajstić information content (AvgIpc) is 2.77. The molecular formula is C20H25BrN4O6. The predicted octanol–water partition coefficient (Wildman–Crippen LogP) is 0.838. The fraction of sp³-hybridized carbons (Fsp3) is 0.400. The van der Waals surface area contributed by atoms with Crippen LogP contribution in [0.1, 0.15) is 12.5 Å². The summed E-state index contributed by atoms with van der Waals surface area (Å²) in [6, 6.07) is 3.33. The smallest absolute Gasteiger partial charge is 0.329 e. The lowest BCUT2D eigenvalue weighted by molar-refractivity contribution is -0.139. The van der Waals surface area contributed by atoms with E-state index in [0.29, 0.717) is 54.4 Å². The molecule has 0 aromatic heterocycles. The molecule has 1 aliphatic heterocycles. The number of halogens is 1. The molecule has 31 heavy (non-hydrogen) atoms. The second-order valence-corrected chi connectivity index (χ2v) is 7.10. The standard InChI is InChI=1S/C20H25BrN4O6/c1-3-5-22-19(27)20(28)24-23-12-14-10-15(21)18(16(11-14)30-4-2)31-13-17(26)25-6-8-29-9-7-25/h3,10-12H,1,4-9,13H2,2H3,(H,22,27)(H,24,28)/b23-12-. The number of rotatable bonds is 9. The minimum absolute atomic E-state index is 0.137. The van der Waals surface area contributed by atoms with Crippen LogP contribution >= 0.6 is 15.9 Å². The van der Waals surface area contributed by atoms with Crippen molar-refractivity contribution in [2.45, 2.75) is 6.92 Å². The molecule has 1 heterocycles. The Bertz CT molecular complexity index is 839. The lowest BCUT2D eigenvalue weighted by Crippen LogP contribution is -2.43. The van der Waals surface area contributed by atoms with Gasteiger partial charge in [0.1, 0.15) is 0 Å². The molecule has 11 heteroatoms. The van der Waals surface area contributed by atoms with E-state index in [0.717, 1.165) is 0 Å². The quantitative estimate of drug-likeness (QED) is 0.226. The first kappa shape index (κ1) is 24.4. The first-order valence-electron chi connectivity index (χ1n) is 9.63. The van der Waals surface area contributed by atoms with Crippen molar-refractivity contribution in [1.82, 2.24) is 15.6 Å². The van der Waals surface area contributed by atoms with Gasteiger partial charge in [0.2, 0.25) is 0 Å². The van der Waals surface area contributed by atoms with Gasteiger partial charge in [0.05, 0.1) is 30.5 Å². The van der Waals surface area contributed by atoms with Crippen LogP contribution in [0, 0.1) is 0 Å². The summed E-state index contributed by atoms with van der Waals surface area (Å²) in [5.41, 5.74) is 2.72. The number of benzene rings is 1. The average molecular weight is 497 g/mol. The number of nitrogens with one attached hydrogen (secondary N) is 2. The van der Waals surface area contributed by atoms with E-state index in [-0.39, 0.29) is 19.1 Å². The van der Waals surface area contributed by atoms with Crippen LogP contribution in [-0.2, 0) is 19.1 Å². The zero-order valence-electron chi connectivity index (χ0n) is 17.2. The molecule has 1 aromatic rings. The molecule has 2 N–H and O–H groups in total. The third-order valence-corrected chi connectivity index (χ3v) is 4.62. The number of nitrogens with zero attached hydrogens (tertiary/aromatic N) is 2. The van der Waals surface area contributed by atoms with E-state index in [1.807, 2.05) is 6.92 Å². The van der Waals surface area contributed by atoms with Gasteiger partial charge in [-0.2, -0.15) is 5.10 Å². The van der Waals surface area contributed by atoms with E-state index in [2.05, 4.69) is 38.4 Å². The largest absolute Gasteiger partial charge is 0.490 e. The number of hydrogen-bond donors (Lipinski definition) is 2. The molecule has 1 fully saturated rings. The Morgan fingerprint density at radius 2 is 2.00 bits per heavy atom. The molecule has 0 bridgehead atoms. The number of carbonyl (C=O) groups excluding carboxylic acids is 3. The number of ether oxygens (including phenoxy) is 3. The molecule has 0 unspecified atom stereocenters. The second-order valence-electron chi connectivity index (χ2n) is 6.24. The van der Waals surface area contributed by atoms with E-state index in [4.69, 9.17) is 14.2 Å². The molecule has 1 saturated heterocycles. The van der Waals surface area contributed by atoms with Gasteiger partial charge in [-0.15, -0.1) is 6.58 Å². The Morgan fingerprint density at radius 1 is 1.26 bits per heavy atom. The van der Waals surface area contributed by atoms with Crippen LogP contribution in [0.3, 0.4) is 0 Å². The van der Waals surface area contributed by atoms with Crippen LogP contribution in [0.25, 0.3) is 0 Å². The Hall–Kier alpha value is -2.92. The molecule has 2 rings (SSSR count). The van der Waals surface area contributed by atoms with E-state index in [1.54, 1.807) is 17.0 Å². The zero-order chi connectivity index (χ0) is 22.6. The number of amides is 3. The van der Waals surface area contributed by atoms with Gasteiger partial charge in [-0.3, -0.25) is 14.4 Å². The van der Waals surface area contributed by atoms with Crippen molar-refractivity contribution in [2.75, 3.05) is 46.1 Å². The summed E-state index contributed by atoms with van der Waals surface area (Å²) in [6.45, 7) is 7.79. The highest BCUT2D eigenvalue weighted by Crippen LogP contribution is 2.36. The summed E-state index contributed by atoms with van der Waals surface area (Å²) in [7, 11) is 0. The normalized spacial score (nSPS) is 13.5. The molecule has 0 aliphatic carbocycles. The maximum absolute atomic E-state index is 12.3. The van der Waals surface area contributed by atoms with Crippen LogP contribution in [0.2, 0.25) is 0 Å². The topological polar surface area (TPSA) is 119 Å². The lowest BCUT2D eigenvalue weighted by atomic mass is 10.2. The molecule has 0 radical (unpaired) electrons. The third kappa shape index (κ3) is 7.68. The molecule has 1 aliphatic rings. The Morgan fingerprint density at radius 3 is 2.68 bits per heavy atom. The Balaban J connectivity index is 2.03. The van der Waals surface area contributed by atoms with Crippen molar-refractivity contribution >= 4 is 39.9 Å². The van der Waals surface area contributed by atoms with E-state index in [1.165, 1.54) is 12.3 Å². The molecule has 1 aromatic carbocycles. The third-order valence-electron chi connectivity index (χ3n) is 4.03. The fourth-order valence-corrected chi connectivity index (χ4v) is 3.14. The minimum Gasteiger partial charge on any atom is -0.490 e. The Labute approximate surface area is 188 Å². The molecular weight excluding hydrogens is 472 g/mol. The molecule has 0 spiro atoms. The van der Waals surface area contributed by atoms with Crippen LogP contribution in [-0.4, -0.2) is 74.9 Å². The second kappa shape index (κ2) is 12.7. The maximum atomic E-state index is 12.3. The zero-order valence-corrected chi connectivity index (χ0v) is 18.8. The van der Waals surface area contributed by atoms with Crippen LogP contribution < -0.4 is 20.2 Å². The number of carbonyl (C=O) groups is 3. The van der Waals surface area contributed by atoms with Crippen molar-refractivity contribution in [1.29, 1.82) is 0 Å².